The van der Waals surface area contributed by atoms with Crippen LogP contribution in [0, 0.1) is 5.92 Å². The van der Waals surface area contributed by atoms with E-state index >= 15 is 0 Å². The molecule has 2 aliphatic rings. The van der Waals surface area contributed by atoms with E-state index in [1.807, 2.05) is 0 Å². The molecule has 2 fully saturated rings. The van der Waals surface area contributed by atoms with Gasteiger partial charge < -0.3 is 5.73 Å². The third-order valence-electron chi connectivity index (χ3n) is 3.54. The summed E-state index contributed by atoms with van der Waals surface area (Å²) in [4.78, 5) is 0. The zero-order chi connectivity index (χ0) is 9.53. The highest BCUT2D eigenvalue weighted by atomic mass is 32.2. The fraction of sp³-hybridized carbons (Fsp3) is 1.00. The van der Waals surface area contributed by atoms with E-state index in [4.69, 9.17) is 5.73 Å². The second-order valence-electron chi connectivity index (χ2n) is 4.56. The molecule has 4 heteroatoms. The quantitative estimate of drug-likeness (QED) is 0.682. The summed E-state index contributed by atoms with van der Waals surface area (Å²) in [6, 6.07) is 0. The molecule has 0 radical (unpaired) electrons. The molecule has 2 N–H and O–H groups in total. The summed E-state index contributed by atoms with van der Waals surface area (Å²) in [7, 11) is -2.82. The Balaban J connectivity index is 2.13. The molecule has 3 nitrogen and oxygen atoms in total. The molecule has 1 atom stereocenters. The molecule has 1 saturated heterocycles. The summed E-state index contributed by atoms with van der Waals surface area (Å²) < 4.78 is 22.6. The van der Waals surface area contributed by atoms with Crippen molar-refractivity contribution < 1.29 is 8.42 Å². The van der Waals surface area contributed by atoms with Crippen LogP contribution in [0.5, 0.6) is 0 Å². The lowest BCUT2D eigenvalue weighted by Crippen LogP contribution is -2.47. The minimum absolute atomic E-state index is 0.227. The van der Waals surface area contributed by atoms with E-state index in [9.17, 15) is 8.42 Å². The molecule has 0 aromatic heterocycles. The van der Waals surface area contributed by atoms with Crippen LogP contribution in [0.2, 0.25) is 0 Å². The third kappa shape index (κ3) is 1.74. The molecular weight excluding hydrogens is 186 g/mol. The van der Waals surface area contributed by atoms with Gasteiger partial charge in [0.05, 0.1) is 11.5 Å². The van der Waals surface area contributed by atoms with Crippen LogP contribution in [0.1, 0.15) is 32.1 Å². The van der Waals surface area contributed by atoms with E-state index in [2.05, 4.69) is 0 Å². The lowest BCUT2D eigenvalue weighted by molar-refractivity contribution is 0.307. The summed E-state index contributed by atoms with van der Waals surface area (Å²) in [5.41, 5.74) is 5.78. The van der Waals surface area contributed by atoms with Gasteiger partial charge in [0.2, 0.25) is 0 Å². The molecule has 0 spiro atoms. The number of rotatable bonds is 1. The van der Waals surface area contributed by atoms with E-state index in [-0.39, 0.29) is 11.3 Å². The first kappa shape index (κ1) is 9.46. The molecule has 1 aliphatic carbocycles. The van der Waals surface area contributed by atoms with Crippen molar-refractivity contribution in [2.45, 2.75) is 37.6 Å². The Labute approximate surface area is 79.6 Å². The minimum Gasteiger partial charge on any atom is -0.324 e. The summed E-state index contributed by atoms with van der Waals surface area (Å²) in [5.74, 6) is 0.995. The van der Waals surface area contributed by atoms with Gasteiger partial charge in [-0.15, -0.1) is 0 Å². The van der Waals surface area contributed by atoms with Crippen LogP contribution in [0.3, 0.4) is 0 Å². The summed E-state index contributed by atoms with van der Waals surface area (Å²) >= 11 is 0. The number of nitrogens with two attached hydrogens (primary N) is 1. The molecule has 0 amide bonds. The standard InChI is InChI=1S/C9H17NO2S/c10-9(8-3-1-2-4-8)5-6-13(11,12)7-9/h8H,1-7,10H2. The maximum Gasteiger partial charge on any atom is 0.152 e. The highest BCUT2D eigenvalue weighted by molar-refractivity contribution is 7.91. The molecule has 1 saturated carbocycles. The Hall–Kier alpha value is -0.0900. The van der Waals surface area contributed by atoms with Gasteiger partial charge in [0.25, 0.3) is 0 Å². The molecule has 1 heterocycles. The van der Waals surface area contributed by atoms with Crippen LogP contribution < -0.4 is 5.73 Å². The zero-order valence-electron chi connectivity index (χ0n) is 7.83. The van der Waals surface area contributed by atoms with Crippen LogP contribution in [0.4, 0.5) is 0 Å². The third-order valence-corrected chi connectivity index (χ3v) is 5.34. The van der Waals surface area contributed by atoms with Gasteiger partial charge in [0.1, 0.15) is 0 Å². The lowest BCUT2D eigenvalue weighted by Gasteiger charge is -2.29. The van der Waals surface area contributed by atoms with Gasteiger partial charge >= 0.3 is 0 Å². The summed E-state index contributed by atoms with van der Waals surface area (Å²) in [5, 5.41) is 0. The van der Waals surface area contributed by atoms with Crippen molar-refractivity contribution in [2.75, 3.05) is 11.5 Å². The molecule has 13 heavy (non-hydrogen) atoms. The highest BCUT2D eigenvalue weighted by Gasteiger charge is 2.45. The van der Waals surface area contributed by atoms with Gasteiger partial charge in [0, 0.05) is 5.54 Å². The Morgan fingerprint density at radius 2 is 1.85 bits per heavy atom. The lowest BCUT2D eigenvalue weighted by atomic mass is 9.83. The SMILES string of the molecule is NC1(C2CCCC2)CCS(=O)(=O)C1. The first-order valence-corrected chi connectivity index (χ1v) is 6.83. The Morgan fingerprint density at radius 1 is 1.23 bits per heavy atom. The van der Waals surface area contributed by atoms with E-state index in [1.54, 1.807) is 0 Å². The van der Waals surface area contributed by atoms with Gasteiger partial charge in [-0.05, 0) is 25.2 Å². The predicted octanol–water partition coefficient (Wildman–Crippen LogP) is 0.693. The number of sulfone groups is 1. The Kier molecular flexibility index (Phi) is 2.15. The summed E-state index contributed by atoms with van der Waals surface area (Å²) in [6.07, 6.45) is 5.39. The highest BCUT2D eigenvalue weighted by Crippen LogP contribution is 2.38. The fourth-order valence-corrected chi connectivity index (χ4v) is 4.76. The predicted molar refractivity (Wildman–Crippen MR) is 52.1 cm³/mol. The normalized spacial score (nSPS) is 39.8. The first-order valence-electron chi connectivity index (χ1n) is 5.01. The van der Waals surface area contributed by atoms with Crippen molar-refractivity contribution in [3.05, 3.63) is 0 Å². The van der Waals surface area contributed by atoms with Crippen molar-refractivity contribution >= 4 is 9.84 Å². The van der Waals surface area contributed by atoms with Crippen molar-refractivity contribution in [1.82, 2.24) is 0 Å². The molecule has 0 aromatic carbocycles. The second-order valence-corrected chi connectivity index (χ2v) is 6.74. The molecular formula is C9H17NO2S. The fourth-order valence-electron chi connectivity index (χ4n) is 2.72. The summed E-state index contributed by atoms with van der Waals surface area (Å²) in [6.45, 7) is 0. The first-order chi connectivity index (χ1) is 6.02. The van der Waals surface area contributed by atoms with Gasteiger partial charge in [-0.3, -0.25) is 0 Å². The monoisotopic (exact) mass is 203 g/mol. The maximum atomic E-state index is 11.3. The number of hydrogen-bond donors (Lipinski definition) is 1. The van der Waals surface area contributed by atoms with Crippen LogP contribution in [0.15, 0.2) is 0 Å². The largest absolute Gasteiger partial charge is 0.324 e. The van der Waals surface area contributed by atoms with Gasteiger partial charge in [-0.25, -0.2) is 8.42 Å². The van der Waals surface area contributed by atoms with Crippen LogP contribution in [-0.4, -0.2) is 25.5 Å². The van der Waals surface area contributed by atoms with E-state index in [0.717, 1.165) is 12.8 Å². The number of hydrogen-bond acceptors (Lipinski definition) is 3. The van der Waals surface area contributed by atoms with Crippen molar-refractivity contribution in [3.8, 4) is 0 Å². The van der Waals surface area contributed by atoms with Crippen molar-refractivity contribution in [3.63, 3.8) is 0 Å². The van der Waals surface area contributed by atoms with E-state index in [1.165, 1.54) is 12.8 Å². The zero-order valence-corrected chi connectivity index (χ0v) is 8.65. The van der Waals surface area contributed by atoms with E-state index < -0.39 is 9.84 Å². The van der Waals surface area contributed by atoms with Gasteiger partial charge in [-0.2, -0.15) is 0 Å². The molecule has 76 valence electrons. The minimum atomic E-state index is -2.82. The molecule has 2 rings (SSSR count). The van der Waals surface area contributed by atoms with Crippen LogP contribution >= 0.6 is 0 Å². The topological polar surface area (TPSA) is 60.2 Å². The van der Waals surface area contributed by atoms with Gasteiger partial charge in [0.15, 0.2) is 9.84 Å². The molecule has 0 aromatic rings. The van der Waals surface area contributed by atoms with Crippen molar-refractivity contribution in [1.29, 1.82) is 0 Å². The van der Waals surface area contributed by atoms with E-state index in [0.29, 0.717) is 18.1 Å². The molecule has 1 aliphatic heterocycles. The van der Waals surface area contributed by atoms with Crippen LogP contribution in [0.25, 0.3) is 0 Å². The smallest absolute Gasteiger partial charge is 0.152 e. The van der Waals surface area contributed by atoms with Crippen LogP contribution in [-0.2, 0) is 9.84 Å². The van der Waals surface area contributed by atoms with Crippen molar-refractivity contribution in [2.24, 2.45) is 11.7 Å². The van der Waals surface area contributed by atoms with Gasteiger partial charge in [-0.1, -0.05) is 12.8 Å². The Morgan fingerprint density at radius 3 is 2.31 bits per heavy atom. The molecule has 0 bridgehead atoms. The average Bonchev–Trinajstić information content (AvgIpc) is 2.58. The Bertz CT molecular complexity index is 293. The maximum absolute atomic E-state index is 11.3. The molecule has 1 unspecified atom stereocenters. The average molecular weight is 203 g/mol. The second kappa shape index (κ2) is 2.95.